The van der Waals surface area contributed by atoms with E-state index in [-0.39, 0.29) is 10.8 Å². The van der Waals surface area contributed by atoms with E-state index in [0.29, 0.717) is 17.8 Å². The Morgan fingerprint density at radius 2 is 2.10 bits per heavy atom. The number of amides is 1. The van der Waals surface area contributed by atoms with Gasteiger partial charge in [0.05, 0.1) is 9.77 Å². The molecule has 2 aromatic rings. The van der Waals surface area contributed by atoms with Crippen molar-refractivity contribution in [3.8, 4) is 0 Å². The maximum absolute atomic E-state index is 12.3. The summed E-state index contributed by atoms with van der Waals surface area (Å²) in [4.78, 5) is 14.8. The van der Waals surface area contributed by atoms with Crippen LogP contribution < -0.4 is 10.0 Å². The molecule has 0 radical (unpaired) electrons. The standard InChI is InChI=1S/C13H12N2O3S2/c14-20(17,18)10-3-4-11-9(8-10)5-6-15(11)13(16)12-2-1-7-19-12/h1-4,7-8H,5-6H2,(H2,14,17,18). The van der Waals surface area contributed by atoms with Crippen LogP contribution in [0.4, 0.5) is 5.69 Å². The van der Waals surface area contributed by atoms with Crippen LogP contribution in [0.1, 0.15) is 15.2 Å². The third-order valence-electron chi connectivity index (χ3n) is 3.25. The monoisotopic (exact) mass is 308 g/mol. The minimum atomic E-state index is -3.71. The van der Waals surface area contributed by atoms with Gasteiger partial charge in [-0.3, -0.25) is 4.79 Å². The summed E-state index contributed by atoms with van der Waals surface area (Å²) in [6.07, 6.45) is 0.635. The fourth-order valence-electron chi connectivity index (χ4n) is 2.30. The first-order valence-electron chi connectivity index (χ1n) is 5.98. The van der Waals surface area contributed by atoms with Gasteiger partial charge in [0.15, 0.2) is 0 Å². The average Bonchev–Trinajstić information content (AvgIpc) is 3.06. The van der Waals surface area contributed by atoms with Crippen molar-refractivity contribution in [2.45, 2.75) is 11.3 Å². The van der Waals surface area contributed by atoms with Crippen molar-refractivity contribution in [2.24, 2.45) is 5.14 Å². The molecule has 1 amide bonds. The number of anilines is 1. The summed E-state index contributed by atoms with van der Waals surface area (Å²) in [5, 5.41) is 6.97. The molecule has 0 atom stereocenters. The van der Waals surface area contributed by atoms with Crippen molar-refractivity contribution >= 4 is 33.0 Å². The van der Waals surface area contributed by atoms with E-state index in [0.717, 1.165) is 11.3 Å². The van der Waals surface area contributed by atoms with Crippen LogP contribution in [0, 0.1) is 0 Å². The molecule has 1 aromatic heterocycles. The highest BCUT2D eigenvalue weighted by Crippen LogP contribution is 2.31. The van der Waals surface area contributed by atoms with Crippen LogP contribution in [0.2, 0.25) is 0 Å². The molecule has 0 saturated heterocycles. The third-order valence-corrected chi connectivity index (χ3v) is 5.02. The van der Waals surface area contributed by atoms with Gasteiger partial charge in [0.1, 0.15) is 0 Å². The van der Waals surface area contributed by atoms with Gasteiger partial charge in [-0.2, -0.15) is 0 Å². The molecule has 7 heteroatoms. The van der Waals surface area contributed by atoms with E-state index in [1.807, 2.05) is 11.4 Å². The van der Waals surface area contributed by atoms with Crippen molar-refractivity contribution in [1.29, 1.82) is 0 Å². The van der Waals surface area contributed by atoms with E-state index in [1.54, 1.807) is 23.1 Å². The van der Waals surface area contributed by atoms with E-state index in [2.05, 4.69) is 0 Å². The highest BCUT2D eigenvalue weighted by atomic mass is 32.2. The molecule has 0 spiro atoms. The van der Waals surface area contributed by atoms with Crippen molar-refractivity contribution in [3.63, 3.8) is 0 Å². The zero-order chi connectivity index (χ0) is 14.3. The molecule has 0 fully saturated rings. The van der Waals surface area contributed by atoms with Crippen molar-refractivity contribution in [3.05, 3.63) is 46.2 Å². The molecule has 104 valence electrons. The normalized spacial score (nSPS) is 14.3. The average molecular weight is 308 g/mol. The molecule has 0 aliphatic carbocycles. The second-order valence-corrected chi connectivity index (χ2v) is 7.03. The van der Waals surface area contributed by atoms with E-state index in [4.69, 9.17) is 5.14 Å². The number of hydrogen-bond donors (Lipinski definition) is 1. The predicted octanol–water partition coefficient (Wildman–Crippen LogP) is 1.60. The molecule has 1 aromatic carbocycles. The fourth-order valence-corrected chi connectivity index (χ4v) is 3.54. The van der Waals surface area contributed by atoms with Crippen LogP contribution in [0.3, 0.4) is 0 Å². The highest BCUT2D eigenvalue weighted by Gasteiger charge is 2.27. The first kappa shape index (κ1) is 13.3. The Labute approximate surface area is 120 Å². The molecule has 2 heterocycles. The molecule has 2 N–H and O–H groups in total. The van der Waals surface area contributed by atoms with Gasteiger partial charge in [-0.15, -0.1) is 11.3 Å². The van der Waals surface area contributed by atoms with Gasteiger partial charge in [0, 0.05) is 12.2 Å². The molecule has 0 saturated carbocycles. The molecule has 1 aliphatic heterocycles. The van der Waals surface area contributed by atoms with E-state index in [9.17, 15) is 13.2 Å². The van der Waals surface area contributed by atoms with E-state index >= 15 is 0 Å². The lowest BCUT2D eigenvalue weighted by Crippen LogP contribution is -2.28. The SMILES string of the molecule is NS(=O)(=O)c1ccc2c(c1)CCN2C(=O)c1cccs1. The van der Waals surface area contributed by atoms with Crippen LogP contribution in [0.25, 0.3) is 0 Å². The molecular formula is C13H12N2O3S2. The van der Waals surface area contributed by atoms with Gasteiger partial charge >= 0.3 is 0 Å². The lowest BCUT2D eigenvalue weighted by Gasteiger charge is -2.16. The molecule has 5 nitrogen and oxygen atoms in total. The second-order valence-electron chi connectivity index (χ2n) is 4.52. The molecule has 3 rings (SSSR count). The Morgan fingerprint density at radius 1 is 1.30 bits per heavy atom. The van der Waals surface area contributed by atoms with Crippen LogP contribution >= 0.6 is 11.3 Å². The van der Waals surface area contributed by atoms with Crippen molar-refractivity contribution in [2.75, 3.05) is 11.4 Å². The quantitative estimate of drug-likeness (QED) is 0.915. The summed E-state index contributed by atoms with van der Waals surface area (Å²) in [6.45, 7) is 0.556. The number of thiophene rings is 1. The fraction of sp³-hybridized carbons (Fsp3) is 0.154. The zero-order valence-electron chi connectivity index (χ0n) is 10.4. The maximum atomic E-state index is 12.3. The van der Waals surface area contributed by atoms with Crippen LogP contribution in [-0.4, -0.2) is 20.9 Å². The van der Waals surface area contributed by atoms with Crippen molar-refractivity contribution in [1.82, 2.24) is 0 Å². The number of nitrogens with two attached hydrogens (primary N) is 1. The summed E-state index contributed by atoms with van der Waals surface area (Å²) in [7, 11) is -3.71. The number of rotatable bonds is 2. The summed E-state index contributed by atoms with van der Waals surface area (Å²) < 4.78 is 22.7. The van der Waals surface area contributed by atoms with Gasteiger partial charge in [-0.25, -0.2) is 13.6 Å². The molecule has 1 aliphatic rings. The number of sulfonamides is 1. The van der Waals surface area contributed by atoms with E-state index < -0.39 is 10.0 Å². The maximum Gasteiger partial charge on any atom is 0.268 e. The Bertz CT molecular complexity index is 767. The van der Waals surface area contributed by atoms with Gasteiger partial charge < -0.3 is 4.90 Å². The lowest BCUT2D eigenvalue weighted by atomic mass is 10.2. The number of benzene rings is 1. The third kappa shape index (κ3) is 2.24. The van der Waals surface area contributed by atoms with Gasteiger partial charge in [-0.05, 0) is 41.6 Å². The zero-order valence-corrected chi connectivity index (χ0v) is 12.1. The summed E-state index contributed by atoms with van der Waals surface area (Å²) in [5.74, 6) is -0.0536. The van der Waals surface area contributed by atoms with Gasteiger partial charge in [0.2, 0.25) is 10.0 Å². The first-order chi connectivity index (χ1) is 9.47. The second kappa shape index (κ2) is 4.69. The number of carbonyl (C=O) groups is 1. The smallest absolute Gasteiger partial charge is 0.268 e. The predicted molar refractivity (Wildman–Crippen MR) is 77.5 cm³/mol. The number of carbonyl (C=O) groups excluding carboxylic acids is 1. The Balaban J connectivity index is 1.98. The molecule has 20 heavy (non-hydrogen) atoms. The lowest BCUT2D eigenvalue weighted by molar-refractivity contribution is 0.0993. The van der Waals surface area contributed by atoms with Gasteiger partial charge in [0.25, 0.3) is 5.91 Å². The first-order valence-corrected chi connectivity index (χ1v) is 8.40. The Kier molecular flexibility index (Phi) is 3.12. The number of nitrogens with zero attached hydrogens (tertiary/aromatic N) is 1. The molecular weight excluding hydrogens is 296 g/mol. The van der Waals surface area contributed by atoms with E-state index in [1.165, 1.54) is 17.4 Å². The summed E-state index contributed by atoms with van der Waals surface area (Å²) in [5.41, 5.74) is 1.59. The summed E-state index contributed by atoms with van der Waals surface area (Å²) >= 11 is 1.39. The van der Waals surface area contributed by atoms with Crippen molar-refractivity contribution < 1.29 is 13.2 Å². The number of hydrogen-bond acceptors (Lipinski definition) is 4. The Hall–Kier alpha value is -1.70. The highest BCUT2D eigenvalue weighted by molar-refractivity contribution is 7.89. The largest absolute Gasteiger partial charge is 0.307 e. The summed E-state index contributed by atoms with van der Waals surface area (Å²) in [6, 6.07) is 8.25. The number of primary sulfonamides is 1. The minimum absolute atomic E-state index is 0.0536. The molecule has 0 unspecified atom stereocenters. The molecule has 0 bridgehead atoms. The van der Waals surface area contributed by atoms with Crippen LogP contribution in [-0.2, 0) is 16.4 Å². The minimum Gasteiger partial charge on any atom is -0.307 e. The topological polar surface area (TPSA) is 80.5 Å². The van der Waals surface area contributed by atoms with Crippen LogP contribution in [0.5, 0.6) is 0 Å². The van der Waals surface area contributed by atoms with Gasteiger partial charge in [-0.1, -0.05) is 6.07 Å². The number of fused-ring (bicyclic) bond motifs is 1. The van der Waals surface area contributed by atoms with Crippen LogP contribution in [0.15, 0.2) is 40.6 Å². The Morgan fingerprint density at radius 3 is 2.75 bits per heavy atom.